The third-order valence-corrected chi connectivity index (χ3v) is 3.90. The van der Waals surface area contributed by atoms with Gasteiger partial charge >= 0.3 is 0 Å². The van der Waals surface area contributed by atoms with E-state index in [1.165, 1.54) is 0 Å². The maximum atomic E-state index is 12.2. The van der Waals surface area contributed by atoms with Crippen molar-refractivity contribution in [2.45, 2.75) is 12.1 Å². The van der Waals surface area contributed by atoms with E-state index in [4.69, 9.17) is 4.74 Å². The molecule has 8 nitrogen and oxygen atoms in total. The summed E-state index contributed by atoms with van der Waals surface area (Å²) in [5.74, 6) is -0.0161. The zero-order valence-corrected chi connectivity index (χ0v) is 13.8. The number of carbonyl (C=O) groups is 1. The van der Waals surface area contributed by atoms with Gasteiger partial charge in [-0.25, -0.2) is 9.67 Å². The van der Waals surface area contributed by atoms with Crippen LogP contribution in [-0.2, 0) is 16.9 Å². The Morgan fingerprint density at radius 3 is 2.67 bits per heavy atom. The van der Waals surface area contributed by atoms with Crippen molar-refractivity contribution in [2.24, 2.45) is 0 Å². The maximum Gasteiger partial charge on any atom is 0.258 e. The Hall–Kier alpha value is -2.29. The zero-order chi connectivity index (χ0) is 17.2. The lowest BCUT2D eigenvalue weighted by atomic mass is 9.91. The van der Waals surface area contributed by atoms with Crippen LogP contribution in [-0.4, -0.2) is 64.5 Å². The van der Waals surface area contributed by atoms with Gasteiger partial charge in [0.25, 0.3) is 5.91 Å². The molecule has 0 aliphatic carbocycles. The van der Waals surface area contributed by atoms with E-state index in [2.05, 4.69) is 15.4 Å². The molecule has 1 fully saturated rings. The SMILES string of the molecule is CN(C)CCn1cnc(NC(=O)c2ccc(C3(O)COC3)cc2)n1. The molecule has 3 rings (SSSR count). The smallest absolute Gasteiger partial charge is 0.258 e. The summed E-state index contributed by atoms with van der Waals surface area (Å²) in [6.07, 6.45) is 1.59. The summed E-state index contributed by atoms with van der Waals surface area (Å²) in [6, 6.07) is 6.81. The van der Waals surface area contributed by atoms with E-state index in [1.54, 1.807) is 35.3 Å². The van der Waals surface area contributed by atoms with Crippen LogP contribution in [0.25, 0.3) is 0 Å². The molecule has 1 aliphatic rings. The van der Waals surface area contributed by atoms with Crippen molar-refractivity contribution in [3.8, 4) is 0 Å². The van der Waals surface area contributed by atoms with Gasteiger partial charge in [-0.1, -0.05) is 12.1 Å². The Bertz CT molecular complexity index is 707. The number of amides is 1. The normalized spacial score (nSPS) is 16.0. The van der Waals surface area contributed by atoms with E-state index >= 15 is 0 Å². The highest BCUT2D eigenvalue weighted by atomic mass is 16.5. The number of aromatic nitrogens is 3. The molecule has 128 valence electrons. The highest BCUT2D eigenvalue weighted by molar-refractivity contribution is 6.03. The third kappa shape index (κ3) is 3.61. The second kappa shape index (κ2) is 6.68. The summed E-state index contributed by atoms with van der Waals surface area (Å²) in [6.45, 7) is 2.11. The number of ether oxygens (including phenoxy) is 1. The second-order valence-electron chi connectivity index (χ2n) is 6.19. The number of benzene rings is 1. The molecule has 0 unspecified atom stereocenters. The Balaban J connectivity index is 1.60. The van der Waals surface area contributed by atoms with E-state index in [0.717, 1.165) is 12.1 Å². The highest BCUT2D eigenvalue weighted by Crippen LogP contribution is 2.29. The predicted octanol–water partition coefficient (Wildman–Crippen LogP) is 0.310. The van der Waals surface area contributed by atoms with Crippen LogP contribution in [0.15, 0.2) is 30.6 Å². The summed E-state index contributed by atoms with van der Waals surface area (Å²) < 4.78 is 6.72. The largest absolute Gasteiger partial charge is 0.380 e. The minimum Gasteiger partial charge on any atom is -0.380 e. The fourth-order valence-electron chi connectivity index (χ4n) is 2.33. The molecule has 24 heavy (non-hydrogen) atoms. The molecule has 8 heteroatoms. The fourth-order valence-corrected chi connectivity index (χ4v) is 2.33. The average Bonchev–Trinajstić information content (AvgIpc) is 2.98. The highest BCUT2D eigenvalue weighted by Gasteiger charge is 2.37. The van der Waals surface area contributed by atoms with Crippen molar-refractivity contribution < 1.29 is 14.6 Å². The summed E-state index contributed by atoms with van der Waals surface area (Å²) in [7, 11) is 3.96. The van der Waals surface area contributed by atoms with Gasteiger partial charge in [-0.05, 0) is 31.8 Å². The molecular formula is C16H21N5O3. The van der Waals surface area contributed by atoms with Crippen LogP contribution >= 0.6 is 0 Å². The molecule has 2 N–H and O–H groups in total. The van der Waals surface area contributed by atoms with Gasteiger partial charge in [-0.15, -0.1) is 5.10 Å². The number of carbonyl (C=O) groups excluding carboxylic acids is 1. The van der Waals surface area contributed by atoms with Gasteiger partial charge in [0.15, 0.2) is 0 Å². The van der Waals surface area contributed by atoms with E-state index in [0.29, 0.717) is 12.1 Å². The van der Waals surface area contributed by atoms with E-state index < -0.39 is 5.60 Å². The predicted molar refractivity (Wildman–Crippen MR) is 87.7 cm³/mol. The average molecular weight is 331 g/mol. The van der Waals surface area contributed by atoms with Gasteiger partial charge in [0.2, 0.25) is 5.95 Å². The number of hydrogen-bond donors (Lipinski definition) is 2. The van der Waals surface area contributed by atoms with Crippen molar-refractivity contribution in [3.05, 3.63) is 41.7 Å². The summed E-state index contributed by atoms with van der Waals surface area (Å²) in [5.41, 5.74) is 0.297. The first-order chi connectivity index (χ1) is 11.5. The van der Waals surface area contributed by atoms with Crippen LogP contribution in [0, 0.1) is 0 Å². The molecule has 1 aromatic carbocycles. The molecule has 1 amide bonds. The molecule has 0 bridgehead atoms. The Morgan fingerprint density at radius 2 is 2.08 bits per heavy atom. The molecule has 0 saturated carbocycles. The van der Waals surface area contributed by atoms with Crippen LogP contribution < -0.4 is 5.32 Å². The van der Waals surface area contributed by atoms with E-state index in [1.807, 2.05) is 19.0 Å². The minimum absolute atomic E-state index is 0.272. The number of nitrogens with one attached hydrogen (secondary N) is 1. The van der Waals surface area contributed by atoms with Crippen molar-refractivity contribution in [1.82, 2.24) is 19.7 Å². The second-order valence-corrected chi connectivity index (χ2v) is 6.19. The molecule has 1 aliphatic heterocycles. The minimum atomic E-state index is -0.929. The first-order valence-electron chi connectivity index (χ1n) is 7.72. The van der Waals surface area contributed by atoms with Gasteiger partial charge in [0.1, 0.15) is 11.9 Å². The van der Waals surface area contributed by atoms with Gasteiger partial charge in [-0.2, -0.15) is 0 Å². The van der Waals surface area contributed by atoms with E-state index in [9.17, 15) is 9.90 Å². The molecule has 2 aromatic rings. The van der Waals surface area contributed by atoms with Crippen molar-refractivity contribution in [3.63, 3.8) is 0 Å². The number of rotatable bonds is 6. The van der Waals surface area contributed by atoms with Crippen LogP contribution in [0.5, 0.6) is 0 Å². The number of anilines is 1. The summed E-state index contributed by atoms with van der Waals surface area (Å²) in [4.78, 5) is 18.4. The van der Waals surface area contributed by atoms with Gasteiger partial charge in [-0.3, -0.25) is 10.1 Å². The molecule has 0 radical (unpaired) electrons. The molecule has 2 heterocycles. The Kier molecular flexibility index (Phi) is 4.61. The number of aliphatic hydroxyl groups is 1. The quantitative estimate of drug-likeness (QED) is 0.791. The van der Waals surface area contributed by atoms with Gasteiger partial charge < -0.3 is 14.7 Å². The zero-order valence-electron chi connectivity index (χ0n) is 13.8. The van der Waals surface area contributed by atoms with Crippen molar-refractivity contribution in [1.29, 1.82) is 0 Å². The van der Waals surface area contributed by atoms with Crippen LogP contribution in [0.2, 0.25) is 0 Å². The number of nitrogens with zero attached hydrogens (tertiary/aromatic N) is 4. The maximum absolute atomic E-state index is 12.2. The number of likely N-dealkylation sites (N-methyl/N-ethyl adjacent to an activating group) is 1. The van der Waals surface area contributed by atoms with Crippen molar-refractivity contribution >= 4 is 11.9 Å². The van der Waals surface area contributed by atoms with Crippen LogP contribution in [0.3, 0.4) is 0 Å². The lowest BCUT2D eigenvalue weighted by Gasteiger charge is -2.36. The molecule has 1 saturated heterocycles. The lowest BCUT2D eigenvalue weighted by molar-refractivity contribution is -0.184. The molecule has 0 spiro atoms. The topological polar surface area (TPSA) is 92.5 Å². The first-order valence-corrected chi connectivity index (χ1v) is 7.72. The Morgan fingerprint density at radius 1 is 1.38 bits per heavy atom. The molecule has 0 atom stereocenters. The number of hydrogen-bond acceptors (Lipinski definition) is 6. The van der Waals surface area contributed by atoms with Gasteiger partial charge in [0.05, 0.1) is 19.8 Å². The van der Waals surface area contributed by atoms with E-state index in [-0.39, 0.29) is 25.1 Å². The van der Waals surface area contributed by atoms with Gasteiger partial charge in [0, 0.05) is 12.1 Å². The summed E-state index contributed by atoms with van der Waals surface area (Å²) in [5, 5.41) is 17.1. The van der Waals surface area contributed by atoms with Crippen LogP contribution in [0.4, 0.5) is 5.95 Å². The monoisotopic (exact) mass is 331 g/mol. The summed E-state index contributed by atoms with van der Waals surface area (Å²) >= 11 is 0. The fraction of sp³-hybridized carbons (Fsp3) is 0.438. The van der Waals surface area contributed by atoms with Crippen molar-refractivity contribution in [2.75, 3.05) is 39.2 Å². The molecular weight excluding hydrogens is 310 g/mol. The third-order valence-electron chi connectivity index (χ3n) is 3.90. The van der Waals surface area contributed by atoms with Crippen LogP contribution in [0.1, 0.15) is 15.9 Å². The Labute approximate surface area is 140 Å². The lowest BCUT2D eigenvalue weighted by Crippen LogP contribution is -2.46. The standard InChI is InChI=1S/C16H21N5O3/c1-20(2)7-8-21-11-17-15(19-21)18-14(22)12-3-5-13(6-4-12)16(23)9-24-10-16/h3-6,11,23H,7-10H2,1-2H3,(H,18,19,22). The molecule has 1 aromatic heterocycles. The first kappa shape index (κ1) is 16.6.